The number of rotatable bonds is 7. The molecule has 0 unspecified atom stereocenters. The smallest absolute Gasteiger partial charge is 0.374 e. The van der Waals surface area contributed by atoms with E-state index in [4.69, 9.17) is 4.74 Å². The molecule has 1 aromatic heterocycles. The number of aryl methyl sites for hydroxylation is 2. The van der Waals surface area contributed by atoms with Gasteiger partial charge in [0, 0.05) is 12.1 Å². The van der Waals surface area contributed by atoms with Gasteiger partial charge in [-0.05, 0) is 49.2 Å². The summed E-state index contributed by atoms with van der Waals surface area (Å²) in [6.07, 6.45) is 1.13. The quantitative estimate of drug-likeness (QED) is 0.444. The fraction of sp³-hybridized carbons (Fsp3) is 0.111. The van der Waals surface area contributed by atoms with Gasteiger partial charge in [0.05, 0.1) is 15.5 Å². The van der Waals surface area contributed by atoms with Gasteiger partial charge in [-0.3, -0.25) is 31.1 Å². The summed E-state index contributed by atoms with van der Waals surface area (Å²) in [5.74, 6) is 0.0626. The van der Waals surface area contributed by atoms with Crippen LogP contribution in [0.15, 0.2) is 48.8 Å². The normalized spacial score (nSPS) is 10.3. The number of ether oxygens (including phenoxy) is 1. The third-order valence-corrected chi connectivity index (χ3v) is 4.07. The van der Waals surface area contributed by atoms with Gasteiger partial charge in [0.2, 0.25) is 5.82 Å². The van der Waals surface area contributed by atoms with Crippen molar-refractivity contribution >= 4 is 22.9 Å². The molecule has 29 heavy (non-hydrogen) atoms. The Morgan fingerprint density at radius 1 is 0.897 bits per heavy atom. The van der Waals surface area contributed by atoms with Crippen LogP contribution in [0, 0.1) is 34.1 Å². The van der Waals surface area contributed by atoms with E-state index in [0.717, 1.165) is 17.5 Å². The Morgan fingerprint density at radius 3 is 2.24 bits per heavy atom. The average Bonchev–Trinajstić information content (AvgIpc) is 2.69. The Bertz CT molecular complexity index is 1070. The maximum absolute atomic E-state index is 11.6. The second kappa shape index (κ2) is 8.17. The Kier molecular flexibility index (Phi) is 5.49. The first-order valence-corrected chi connectivity index (χ1v) is 8.36. The summed E-state index contributed by atoms with van der Waals surface area (Å²) in [6.45, 7) is 3.84. The van der Waals surface area contributed by atoms with Crippen molar-refractivity contribution in [2.45, 2.75) is 13.8 Å². The van der Waals surface area contributed by atoms with Crippen LogP contribution in [0.3, 0.4) is 0 Å². The molecular weight excluding hydrogens is 380 g/mol. The van der Waals surface area contributed by atoms with Crippen molar-refractivity contribution in [3.63, 3.8) is 0 Å². The zero-order valence-electron chi connectivity index (χ0n) is 15.4. The van der Waals surface area contributed by atoms with E-state index in [0.29, 0.717) is 11.4 Å². The van der Waals surface area contributed by atoms with Gasteiger partial charge in [-0.25, -0.2) is 4.98 Å². The lowest BCUT2D eigenvalue weighted by Crippen LogP contribution is -2.13. The summed E-state index contributed by atoms with van der Waals surface area (Å²) in [5, 5.41) is 22.3. The van der Waals surface area contributed by atoms with Crippen LogP contribution >= 0.6 is 0 Å². The Labute approximate surface area is 164 Å². The number of nitro benzene ring substituents is 1. The van der Waals surface area contributed by atoms with Crippen LogP contribution in [0.25, 0.3) is 0 Å². The first-order valence-electron chi connectivity index (χ1n) is 8.36. The molecule has 0 bridgehead atoms. The van der Waals surface area contributed by atoms with Gasteiger partial charge in [0.25, 0.3) is 5.69 Å². The highest BCUT2D eigenvalue weighted by atomic mass is 16.6. The molecule has 0 saturated heterocycles. The number of non-ortho nitro benzene ring substituents is 1. The molecule has 0 radical (unpaired) electrons. The summed E-state index contributed by atoms with van der Waals surface area (Å²) in [5.41, 5.74) is 7.26. The largest absolute Gasteiger partial charge is 0.434 e. The van der Waals surface area contributed by atoms with Crippen molar-refractivity contribution in [3.8, 4) is 11.6 Å². The van der Waals surface area contributed by atoms with Crippen LogP contribution in [0.1, 0.15) is 11.1 Å². The van der Waals surface area contributed by atoms with Crippen LogP contribution < -0.4 is 15.6 Å². The van der Waals surface area contributed by atoms with Gasteiger partial charge in [-0.1, -0.05) is 6.07 Å². The van der Waals surface area contributed by atoms with E-state index in [1.54, 1.807) is 12.1 Å². The maximum Gasteiger partial charge on any atom is 0.374 e. The predicted molar refractivity (Wildman–Crippen MR) is 105 cm³/mol. The third kappa shape index (κ3) is 4.53. The number of nitrogens with one attached hydrogen (secondary N) is 2. The van der Waals surface area contributed by atoms with Crippen molar-refractivity contribution < 1.29 is 14.6 Å². The molecule has 0 aliphatic carbocycles. The highest BCUT2D eigenvalue weighted by Crippen LogP contribution is 2.34. The topological polar surface area (TPSA) is 145 Å². The molecule has 11 heteroatoms. The average molecular weight is 396 g/mol. The molecule has 3 aromatic rings. The molecule has 0 atom stereocenters. The third-order valence-electron chi connectivity index (χ3n) is 4.07. The standard InChI is InChI=1S/C18H16N6O5/c1-11-3-8-15(9-12(11)2)29-18-16(24(27)28)17(19-10-20-18)22-21-13-4-6-14(7-5-13)23(25)26/h3-10,21H,1-2H3,(H,19,20,22). The minimum atomic E-state index is -0.657. The number of benzene rings is 2. The van der Waals surface area contributed by atoms with E-state index in [-0.39, 0.29) is 17.4 Å². The number of nitro groups is 2. The number of anilines is 2. The SMILES string of the molecule is Cc1ccc(Oc2ncnc(NNc3ccc([N+](=O)[O-])cc3)c2[N+](=O)[O-])cc1C. The summed E-state index contributed by atoms with van der Waals surface area (Å²) >= 11 is 0. The molecule has 0 amide bonds. The summed E-state index contributed by atoms with van der Waals surface area (Å²) in [6, 6.07) is 10.8. The first-order chi connectivity index (χ1) is 13.8. The van der Waals surface area contributed by atoms with Crippen LogP contribution in [0.2, 0.25) is 0 Å². The van der Waals surface area contributed by atoms with Crippen molar-refractivity contribution in [2.24, 2.45) is 0 Å². The summed E-state index contributed by atoms with van der Waals surface area (Å²) < 4.78 is 5.61. The summed E-state index contributed by atoms with van der Waals surface area (Å²) in [4.78, 5) is 28.9. The minimum Gasteiger partial charge on any atom is -0.434 e. The van der Waals surface area contributed by atoms with E-state index in [2.05, 4.69) is 20.8 Å². The molecule has 2 aromatic carbocycles. The lowest BCUT2D eigenvalue weighted by molar-refractivity contribution is -0.385. The molecule has 0 spiro atoms. The van der Waals surface area contributed by atoms with Gasteiger partial charge < -0.3 is 4.74 Å². The molecule has 2 N–H and O–H groups in total. The summed E-state index contributed by atoms with van der Waals surface area (Å²) in [7, 11) is 0. The van der Waals surface area contributed by atoms with E-state index in [1.807, 2.05) is 19.9 Å². The highest BCUT2D eigenvalue weighted by Gasteiger charge is 2.25. The second-order valence-corrected chi connectivity index (χ2v) is 6.04. The van der Waals surface area contributed by atoms with Crippen molar-refractivity contribution in [2.75, 3.05) is 10.9 Å². The molecule has 0 saturated carbocycles. The fourth-order valence-electron chi connectivity index (χ4n) is 2.38. The Balaban J connectivity index is 1.83. The van der Waals surface area contributed by atoms with Crippen LogP contribution in [0.4, 0.5) is 22.9 Å². The fourth-order valence-corrected chi connectivity index (χ4v) is 2.38. The molecule has 3 rings (SSSR count). The molecule has 148 valence electrons. The van der Waals surface area contributed by atoms with Gasteiger partial charge in [-0.15, -0.1) is 0 Å². The second-order valence-electron chi connectivity index (χ2n) is 6.04. The van der Waals surface area contributed by atoms with E-state index < -0.39 is 15.5 Å². The number of aromatic nitrogens is 2. The monoisotopic (exact) mass is 396 g/mol. The van der Waals surface area contributed by atoms with Crippen molar-refractivity contribution in [1.29, 1.82) is 0 Å². The zero-order chi connectivity index (χ0) is 21.0. The lowest BCUT2D eigenvalue weighted by atomic mass is 10.1. The van der Waals surface area contributed by atoms with Crippen LogP contribution in [-0.2, 0) is 0 Å². The maximum atomic E-state index is 11.6. The number of nitrogens with zero attached hydrogens (tertiary/aromatic N) is 4. The Morgan fingerprint density at radius 2 is 1.62 bits per heavy atom. The van der Waals surface area contributed by atoms with Crippen molar-refractivity contribution in [3.05, 3.63) is 80.1 Å². The predicted octanol–water partition coefficient (Wildman–Crippen LogP) is 4.14. The van der Waals surface area contributed by atoms with E-state index in [1.165, 1.54) is 24.3 Å². The molecule has 1 heterocycles. The molecule has 11 nitrogen and oxygen atoms in total. The number of hydrazine groups is 1. The number of hydrogen-bond acceptors (Lipinski definition) is 9. The van der Waals surface area contributed by atoms with Crippen LogP contribution in [0.5, 0.6) is 11.6 Å². The lowest BCUT2D eigenvalue weighted by Gasteiger charge is -2.11. The first kappa shape index (κ1) is 19.5. The van der Waals surface area contributed by atoms with Crippen molar-refractivity contribution in [1.82, 2.24) is 9.97 Å². The van der Waals surface area contributed by atoms with Gasteiger partial charge in [0.15, 0.2) is 0 Å². The van der Waals surface area contributed by atoms with E-state index >= 15 is 0 Å². The Hall–Kier alpha value is -4.28. The number of hydrogen-bond donors (Lipinski definition) is 2. The zero-order valence-corrected chi connectivity index (χ0v) is 15.4. The van der Waals surface area contributed by atoms with E-state index in [9.17, 15) is 20.2 Å². The molecule has 0 aliphatic rings. The molecule has 0 aliphatic heterocycles. The van der Waals surface area contributed by atoms with Gasteiger partial charge in [-0.2, -0.15) is 4.98 Å². The van der Waals surface area contributed by atoms with Crippen LogP contribution in [-0.4, -0.2) is 19.8 Å². The molecule has 0 fully saturated rings. The highest BCUT2D eigenvalue weighted by molar-refractivity contribution is 5.64. The minimum absolute atomic E-state index is 0.0763. The van der Waals surface area contributed by atoms with Gasteiger partial charge in [0.1, 0.15) is 12.1 Å². The molecular formula is C18H16N6O5. The van der Waals surface area contributed by atoms with Gasteiger partial charge >= 0.3 is 11.6 Å².